The topological polar surface area (TPSA) is 172 Å². The fraction of sp³-hybridized carbons (Fsp3) is 0.775. The van der Waals surface area contributed by atoms with E-state index < -0.39 is 51.1 Å². The van der Waals surface area contributed by atoms with Crippen molar-refractivity contribution in [3.63, 3.8) is 0 Å². The molecule has 0 fully saturated rings. The Hall–Kier alpha value is -2.30. The number of esters is 2. The molecule has 0 rings (SSSR count). The van der Waals surface area contributed by atoms with Crippen molar-refractivity contribution in [2.24, 2.45) is 5.73 Å². The van der Waals surface area contributed by atoms with Crippen molar-refractivity contribution in [1.29, 1.82) is 0 Å². The van der Waals surface area contributed by atoms with Crippen molar-refractivity contribution in [2.75, 3.05) is 19.8 Å². The minimum Gasteiger partial charge on any atom is -0.480 e. The molecular formula is C40H72NO10P. The number of carboxylic acids is 1. The zero-order chi connectivity index (χ0) is 38.5. The monoisotopic (exact) mass is 757 g/mol. The molecule has 0 aliphatic rings. The molecule has 4 N–H and O–H groups in total. The van der Waals surface area contributed by atoms with Crippen LogP contribution in [0.5, 0.6) is 0 Å². The van der Waals surface area contributed by atoms with Crippen LogP contribution in [0.4, 0.5) is 0 Å². The first-order valence-electron chi connectivity index (χ1n) is 20.0. The van der Waals surface area contributed by atoms with Gasteiger partial charge in [-0.3, -0.25) is 23.4 Å². The molecule has 302 valence electrons. The lowest BCUT2D eigenvalue weighted by atomic mass is 10.1. The average molecular weight is 758 g/mol. The van der Waals surface area contributed by atoms with Crippen LogP contribution in [0.1, 0.15) is 168 Å². The van der Waals surface area contributed by atoms with Gasteiger partial charge in [-0.2, -0.15) is 0 Å². The molecule has 0 aromatic carbocycles. The molecule has 0 aliphatic carbocycles. The fourth-order valence-electron chi connectivity index (χ4n) is 5.15. The Bertz CT molecular complexity index is 1030. The predicted octanol–water partition coefficient (Wildman–Crippen LogP) is 10.1. The van der Waals surface area contributed by atoms with Gasteiger partial charge in [0.1, 0.15) is 12.6 Å². The summed E-state index contributed by atoms with van der Waals surface area (Å²) in [5.74, 6) is -2.41. The van der Waals surface area contributed by atoms with Gasteiger partial charge in [0, 0.05) is 12.8 Å². The quantitative estimate of drug-likeness (QED) is 0.0238. The largest absolute Gasteiger partial charge is 0.480 e. The highest BCUT2D eigenvalue weighted by molar-refractivity contribution is 7.47. The van der Waals surface area contributed by atoms with Crippen LogP contribution in [-0.4, -0.2) is 59.9 Å². The second-order valence-electron chi connectivity index (χ2n) is 13.4. The molecule has 0 aromatic rings. The third kappa shape index (κ3) is 34.8. The number of nitrogens with two attached hydrogens (primary N) is 1. The van der Waals surface area contributed by atoms with E-state index in [1.807, 2.05) is 0 Å². The number of carbonyl (C=O) groups excluding carboxylic acids is 2. The Morgan fingerprint density at radius 1 is 0.596 bits per heavy atom. The number of hydrogen-bond acceptors (Lipinski definition) is 9. The number of unbranched alkanes of at least 4 members (excludes halogenated alkanes) is 17. The molecule has 52 heavy (non-hydrogen) atoms. The first-order chi connectivity index (χ1) is 25.1. The third-order valence-corrected chi connectivity index (χ3v) is 9.31. The number of carboxylic acid groups (broad SMARTS) is 1. The molecule has 0 aliphatic heterocycles. The van der Waals surface area contributed by atoms with Gasteiger partial charge < -0.3 is 25.2 Å². The van der Waals surface area contributed by atoms with Crippen LogP contribution >= 0.6 is 7.82 Å². The Morgan fingerprint density at radius 2 is 1.02 bits per heavy atom. The Balaban J connectivity index is 4.46. The van der Waals surface area contributed by atoms with E-state index in [0.717, 1.165) is 83.5 Å². The van der Waals surface area contributed by atoms with Crippen LogP contribution in [0.25, 0.3) is 0 Å². The van der Waals surface area contributed by atoms with E-state index in [9.17, 15) is 23.8 Å². The van der Waals surface area contributed by atoms with Gasteiger partial charge in [-0.15, -0.1) is 0 Å². The number of ether oxygens (including phenoxy) is 2. The lowest BCUT2D eigenvalue weighted by Crippen LogP contribution is -2.34. The molecule has 0 amide bonds. The van der Waals surface area contributed by atoms with Crippen LogP contribution in [0.15, 0.2) is 36.5 Å². The molecular weight excluding hydrogens is 685 g/mol. The summed E-state index contributed by atoms with van der Waals surface area (Å²) in [6.45, 7) is 2.72. The first kappa shape index (κ1) is 49.7. The van der Waals surface area contributed by atoms with Gasteiger partial charge in [0.15, 0.2) is 6.10 Å². The summed E-state index contributed by atoms with van der Waals surface area (Å²) in [5, 5.41) is 8.86. The van der Waals surface area contributed by atoms with Crippen LogP contribution < -0.4 is 5.73 Å². The van der Waals surface area contributed by atoms with Gasteiger partial charge in [-0.05, 0) is 70.6 Å². The van der Waals surface area contributed by atoms with E-state index in [2.05, 4.69) is 54.8 Å². The van der Waals surface area contributed by atoms with Gasteiger partial charge in [-0.1, -0.05) is 121 Å². The maximum absolute atomic E-state index is 12.6. The SMILES string of the molecule is CCCCC/C=C\C/C=C\CCCCCCCC(=O)OC(COC(=O)CCCCCCC/C=C\CCCCCC)COP(=O)(O)OCC(N)C(=O)O. The molecule has 0 bridgehead atoms. The van der Waals surface area contributed by atoms with Crippen LogP contribution in [-0.2, 0) is 37.5 Å². The molecule has 3 atom stereocenters. The number of phosphoric acid groups is 1. The lowest BCUT2D eigenvalue weighted by molar-refractivity contribution is -0.161. The summed E-state index contributed by atoms with van der Waals surface area (Å²) in [6, 6.07) is -1.52. The molecule has 0 spiro atoms. The second kappa shape index (κ2) is 35.7. The number of carbonyl (C=O) groups is 3. The molecule has 12 heteroatoms. The van der Waals surface area contributed by atoms with E-state index in [-0.39, 0.29) is 19.4 Å². The minimum absolute atomic E-state index is 0.143. The van der Waals surface area contributed by atoms with E-state index in [4.69, 9.17) is 24.8 Å². The molecule has 0 aromatic heterocycles. The molecule has 11 nitrogen and oxygen atoms in total. The number of rotatable bonds is 37. The van der Waals surface area contributed by atoms with Crippen molar-refractivity contribution >= 4 is 25.7 Å². The van der Waals surface area contributed by atoms with E-state index in [1.54, 1.807) is 0 Å². The maximum Gasteiger partial charge on any atom is 0.472 e. The minimum atomic E-state index is -4.72. The Labute approximate surface area is 314 Å². The standard InChI is InChI=1S/C40H72NO10P/c1-3-5-7-9-11-13-15-17-18-20-22-24-26-28-30-32-39(43)51-36(34-49-52(46,47)50-35-37(41)40(44)45)33-48-38(42)31-29-27-25-23-21-19-16-14-12-10-8-6-4-2/h11,13-14,16-18,36-37H,3-10,12,15,19-35,41H2,1-2H3,(H,44,45)(H,46,47)/b13-11-,16-14-,18-17-. The van der Waals surface area contributed by atoms with E-state index >= 15 is 0 Å². The smallest absolute Gasteiger partial charge is 0.472 e. The fourth-order valence-corrected chi connectivity index (χ4v) is 5.92. The number of aliphatic carboxylic acids is 1. The summed E-state index contributed by atoms with van der Waals surface area (Å²) < 4.78 is 32.6. The van der Waals surface area contributed by atoms with Crippen molar-refractivity contribution < 1.29 is 47.5 Å². The van der Waals surface area contributed by atoms with E-state index in [0.29, 0.717) is 12.8 Å². The summed E-state index contributed by atoms with van der Waals surface area (Å²) in [5.41, 5.74) is 5.32. The van der Waals surface area contributed by atoms with Crippen molar-refractivity contribution in [1.82, 2.24) is 0 Å². The third-order valence-electron chi connectivity index (χ3n) is 8.36. The van der Waals surface area contributed by atoms with Gasteiger partial charge in [0.05, 0.1) is 13.2 Å². The Kier molecular flexibility index (Phi) is 34.1. The van der Waals surface area contributed by atoms with Gasteiger partial charge in [0.25, 0.3) is 0 Å². The summed E-state index contributed by atoms with van der Waals surface area (Å²) in [6.07, 6.45) is 36.4. The highest BCUT2D eigenvalue weighted by atomic mass is 31.2. The number of hydrogen-bond donors (Lipinski definition) is 3. The number of phosphoric ester groups is 1. The highest BCUT2D eigenvalue weighted by Crippen LogP contribution is 2.43. The number of allylic oxidation sites excluding steroid dienone is 6. The average Bonchev–Trinajstić information content (AvgIpc) is 3.12. The molecule has 3 unspecified atom stereocenters. The normalized spacial score (nSPS) is 14.2. The van der Waals surface area contributed by atoms with Crippen molar-refractivity contribution in [2.45, 2.75) is 180 Å². The lowest BCUT2D eigenvalue weighted by Gasteiger charge is -2.20. The van der Waals surface area contributed by atoms with Gasteiger partial charge in [0.2, 0.25) is 0 Å². The summed E-state index contributed by atoms with van der Waals surface area (Å²) in [7, 11) is -4.72. The zero-order valence-electron chi connectivity index (χ0n) is 32.4. The second-order valence-corrected chi connectivity index (χ2v) is 14.9. The van der Waals surface area contributed by atoms with Gasteiger partial charge >= 0.3 is 25.7 Å². The Morgan fingerprint density at radius 3 is 1.56 bits per heavy atom. The zero-order valence-corrected chi connectivity index (χ0v) is 33.3. The van der Waals surface area contributed by atoms with Crippen LogP contribution in [0, 0.1) is 0 Å². The first-order valence-corrected chi connectivity index (χ1v) is 21.5. The van der Waals surface area contributed by atoms with E-state index in [1.165, 1.54) is 44.9 Å². The molecule has 0 saturated carbocycles. The summed E-state index contributed by atoms with van der Waals surface area (Å²) in [4.78, 5) is 45.8. The molecule has 0 radical (unpaired) electrons. The van der Waals surface area contributed by atoms with Crippen LogP contribution in [0.2, 0.25) is 0 Å². The summed E-state index contributed by atoms with van der Waals surface area (Å²) >= 11 is 0. The highest BCUT2D eigenvalue weighted by Gasteiger charge is 2.28. The molecule has 0 saturated heterocycles. The van der Waals surface area contributed by atoms with Crippen molar-refractivity contribution in [3.8, 4) is 0 Å². The maximum atomic E-state index is 12.6. The van der Waals surface area contributed by atoms with Gasteiger partial charge in [-0.25, -0.2) is 4.57 Å². The molecule has 0 heterocycles. The van der Waals surface area contributed by atoms with Crippen molar-refractivity contribution in [3.05, 3.63) is 36.5 Å². The van der Waals surface area contributed by atoms with Crippen LogP contribution in [0.3, 0.4) is 0 Å². The predicted molar refractivity (Wildman–Crippen MR) is 208 cm³/mol.